The van der Waals surface area contributed by atoms with Crippen molar-refractivity contribution in [2.75, 3.05) is 7.05 Å². The number of nitrogens with one attached hydrogen (secondary N) is 2. The van der Waals surface area contributed by atoms with Gasteiger partial charge in [-0.3, -0.25) is 14.6 Å². The molecule has 0 bridgehead atoms. The van der Waals surface area contributed by atoms with Crippen LogP contribution in [0.5, 0.6) is 0 Å². The van der Waals surface area contributed by atoms with E-state index in [1.807, 2.05) is 0 Å². The van der Waals surface area contributed by atoms with Gasteiger partial charge in [-0.1, -0.05) is 12.1 Å². The van der Waals surface area contributed by atoms with E-state index in [2.05, 4.69) is 10.4 Å². The molecule has 0 aliphatic heterocycles. The molecule has 0 aliphatic carbocycles. The van der Waals surface area contributed by atoms with Gasteiger partial charge in [-0.15, -0.1) is 0 Å². The van der Waals surface area contributed by atoms with E-state index in [-0.39, 0.29) is 11.4 Å². The first-order valence-electron chi connectivity index (χ1n) is 5.32. The molecule has 2 aromatic rings. The molecule has 0 fully saturated rings. The number of aromatic amines is 1. The van der Waals surface area contributed by atoms with E-state index in [9.17, 15) is 9.18 Å². The van der Waals surface area contributed by atoms with E-state index >= 15 is 0 Å². The van der Waals surface area contributed by atoms with Gasteiger partial charge in [0.2, 0.25) is 0 Å². The lowest BCUT2D eigenvalue weighted by atomic mass is 10.1. The van der Waals surface area contributed by atoms with Crippen LogP contribution in [0.2, 0.25) is 0 Å². The quantitative estimate of drug-likeness (QED) is 0.841. The summed E-state index contributed by atoms with van der Waals surface area (Å²) in [5, 5.41) is 5.87. The molecule has 2 N–H and O–H groups in total. The predicted octanol–water partition coefficient (Wildman–Crippen LogP) is 1.24. The third-order valence-electron chi connectivity index (χ3n) is 2.61. The van der Waals surface area contributed by atoms with Crippen LogP contribution in [0.3, 0.4) is 0 Å². The smallest absolute Gasteiger partial charge is 0.271 e. The van der Waals surface area contributed by atoms with Gasteiger partial charge >= 0.3 is 0 Å². The third-order valence-corrected chi connectivity index (χ3v) is 2.61. The number of rotatable bonds is 3. The SMILES string of the molecule is CNCc1c(-c2cccc(F)c2)[nH]n(C)c1=O. The molecule has 0 amide bonds. The van der Waals surface area contributed by atoms with Crippen LogP contribution >= 0.6 is 0 Å². The number of nitrogens with zero attached hydrogens (tertiary/aromatic N) is 1. The Labute approximate surface area is 98.1 Å². The maximum Gasteiger partial charge on any atom is 0.271 e. The molecule has 5 heteroatoms. The summed E-state index contributed by atoms with van der Waals surface area (Å²) in [6, 6.07) is 6.18. The van der Waals surface area contributed by atoms with E-state index in [1.54, 1.807) is 26.2 Å². The molecule has 0 aliphatic rings. The molecule has 0 spiro atoms. The van der Waals surface area contributed by atoms with Crippen molar-refractivity contribution in [2.45, 2.75) is 6.54 Å². The zero-order valence-corrected chi connectivity index (χ0v) is 9.75. The van der Waals surface area contributed by atoms with Crippen molar-refractivity contribution in [2.24, 2.45) is 7.05 Å². The normalized spacial score (nSPS) is 10.8. The Morgan fingerprint density at radius 2 is 2.24 bits per heavy atom. The lowest BCUT2D eigenvalue weighted by molar-refractivity contribution is 0.628. The van der Waals surface area contributed by atoms with Crippen LogP contribution in [-0.2, 0) is 13.6 Å². The molecule has 90 valence electrons. The van der Waals surface area contributed by atoms with Gasteiger partial charge in [0.25, 0.3) is 5.56 Å². The van der Waals surface area contributed by atoms with E-state index < -0.39 is 0 Å². The molecule has 1 heterocycles. The number of hydrogen-bond acceptors (Lipinski definition) is 2. The molecule has 0 saturated heterocycles. The van der Waals surface area contributed by atoms with E-state index in [4.69, 9.17) is 0 Å². The number of benzene rings is 1. The second-order valence-electron chi connectivity index (χ2n) is 3.87. The first-order chi connectivity index (χ1) is 8.13. The van der Waals surface area contributed by atoms with Crippen molar-refractivity contribution < 1.29 is 4.39 Å². The second kappa shape index (κ2) is 4.55. The Morgan fingerprint density at radius 3 is 2.88 bits per heavy atom. The Hall–Kier alpha value is -1.88. The zero-order valence-electron chi connectivity index (χ0n) is 9.75. The molecule has 1 aromatic carbocycles. The summed E-state index contributed by atoms with van der Waals surface area (Å²) in [5.41, 5.74) is 1.85. The number of halogens is 1. The highest BCUT2D eigenvalue weighted by Crippen LogP contribution is 2.20. The summed E-state index contributed by atoms with van der Waals surface area (Å²) < 4.78 is 14.6. The van der Waals surface area contributed by atoms with Crippen molar-refractivity contribution in [1.29, 1.82) is 0 Å². The summed E-state index contributed by atoms with van der Waals surface area (Å²) >= 11 is 0. The maximum absolute atomic E-state index is 13.2. The summed E-state index contributed by atoms with van der Waals surface area (Å²) in [7, 11) is 3.41. The third kappa shape index (κ3) is 2.14. The Morgan fingerprint density at radius 1 is 1.47 bits per heavy atom. The van der Waals surface area contributed by atoms with Crippen LogP contribution in [0.1, 0.15) is 5.56 Å². The van der Waals surface area contributed by atoms with E-state index in [0.717, 1.165) is 0 Å². The number of hydrogen-bond donors (Lipinski definition) is 2. The van der Waals surface area contributed by atoms with Gasteiger partial charge in [0.1, 0.15) is 5.82 Å². The van der Waals surface area contributed by atoms with Crippen molar-refractivity contribution in [3.05, 3.63) is 46.0 Å². The summed E-state index contributed by atoms with van der Waals surface area (Å²) in [5.74, 6) is -0.317. The monoisotopic (exact) mass is 235 g/mol. The number of aryl methyl sites for hydroxylation is 1. The minimum absolute atomic E-state index is 0.0985. The fraction of sp³-hybridized carbons (Fsp3) is 0.250. The summed E-state index contributed by atoms with van der Waals surface area (Å²) in [6.07, 6.45) is 0. The molecule has 0 saturated carbocycles. The zero-order chi connectivity index (χ0) is 12.4. The fourth-order valence-corrected chi connectivity index (χ4v) is 1.82. The average molecular weight is 235 g/mol. The van der Waals surface area contributed by atoms with Gasteiger partial charge in [0, 0.05) is 19.2 Å². The van der Waals surface area contributed by atoms with Gasteiger partial charge in [-0.25, -0.2) is 4.39 Å². The summed E-state index contributed by atoms with van der Waals surface area (Å²) in [6.45, 7) is 0.446. The van der Waals surface area contributed by atoms with Crippen LogP contribution in [0.4, 0.5) is 4.39 Å². The molecular formula is C12H14FN3O. The Bertz CT molecular complexity index is 586. The Balaban J connectivity index is 2.59. The van der Waals surface area contributed by atoms with Gasteiger partial charge in [0.05, 0.1) is 11.3 Å². The highest BCUT2D eigenvalue weighted by atomic mass is 19.1. The lowest BCUT2D eigenvalue weighted by Gasteiger charge is -2.02. The molecule has 1 aromatic heterocycles. The Kier molecular flexibility index (Phi) is 3.10. The fourth-order valence-electron chi connectivity index (χ4n) is 1.82. The van der Waals surface area contributed by atoms with E-state index in [0.29, 0.717) is 23.4 Å². The van der Waals surface area contributed by atoms with Crippen LogP contribution in [0.15, 0.2) is 29.1 Å². The van der Waals surface area contributed by atoms with Gasteiger partial charge in [-0.2, -0.15) is 0 Å². The molecule has 0 radical (unpaired) electrons. The highest BCUT2D eigenvalue weighted by molar-refractivity contribution is 5.62. The predicted molar refractivity (Wildman–Crippen MR) is 64.2 cm³/mol. The molecule has 17 heavy (non-hydrogen) atoms. The van der Waals surface area contributed by atoms with Crippen molar-refractivity contribution in [3.63, 3.8) is 0 Å². The van der Waals surface area contributed by atoms with Gasteiger partial charge in [0.15, 0.2) is 0 Å². The standard InChI is InChI=1S/C12H14FN3O/c1-14-7-10-11(15-16(2)12(10)17)8-4-3-5-9(13)6-8/h3-6,14-15H,7H2,1-2H3. The minimum atomic E-state index is -0.317. The van der Waals surface area contributed by atoms with Crippen LogP contribution < -0.4 is 10.9 Å². The topological polar surface area (TPSA) is 49.8 Å². The molecule has 2 rings (SSSR count). The summed E-state index contributed by atoms with van der Waals surface area (Å²) in [4.78, 5) is 11.8. The molecule has 0 atom stereocenters. The molecule has 0 unspecified atom stereocenters. The number of aromatic nitrogens is 2. The largest absolute Gasteiger partial charge is 0.315 e. The molecular weight excluding hydrogens is 221 g/mol. The average Bonchev–Trinajstić information content (AvgIpc) is 2.58. The van der Waals surface area contributed by atoms with Gasteiger partial charge in [-0.05, 0) is 19.2 Å². The van der Waals surface area contributed by atoms with Gasteiger partial charge < -0.3 is 5.32 Å². The first-order valence-corrected chi connectivity index (χ1v) is 5.32. The number of H-pyrrole nitrogens is 1. The molecule has 4 nitrogen and oxygen atoms in total. The van der Waals surface area contributed by atoms with Crippen molar-refractivity contribution in [3.8, 4) is 11.3 Å². The minimum Gasteiger partial charge on any atom is -0.315 e. The highest BCUT2D eigenvalue weighted by Gasteiger charge is 2.13. The van der Waals surface area contributed by atoms with Crippen LogP contribution in [-0.4, -0.2) is 16.8 Å². The maximum atomic E-state index is 13.2. The lowest BCUT2D eigenvalue weighted by Crippen LogP contribution is -2.19. The second-order valence-corrected chi connectivity index (χ2v) is 3.87. The van der Waals surface area contributed by atoms with Crippen LogP contribution in [0, 0.1) is 5.82 Å². The first kappa shape index (κ1) is 11.6. The van der Waals surface area contributed by atoms with E-state index in [1.165, 1.54) is 16.8 Å². The van der Waals surface area contributed by atoms with Crippen molar-refractivity contribution >= 4 is 0 Å². The van der Waals surface area contributed by atoms with Crippen LogP contribution in [0.25, 0.3) is 11.3 Å². The van der Waals surface area contributed by atoms with Crippen molar-refractivity contribution in [1.82, 2.24) is 15.1 Å².